The maximum absolute atomic E-state index is 12.2. The van der Waals surface area contributed by atoms with Gasteiger partial charge in [0.05, 0.1) is 6.61 Å². The number of hydrogen-bond acceptors (Lipinski definition) is 2. The first-order valence-electron chi connectivity index (χ1n) is 8.54. The molecule has 0 heterocycles. The van der Waals surface area contributed by atoms with Crippen molar-refractivity contribution in [3.8, 4) is 5.75 Å². The van der Waals surface area contributed by atoms with Gasteiger partial charge in [0.1, 0.15) is 5.75 Å². The molecule has 0 aromatic heterocycles. The molecule has 0 atom stereocenters. The number of hydrogen-bond donors (Lipinski definition) is 1. The van der Waals surface area contributed by atoms with Crippen molar-refractivity contribution in [3.63, 3.8) is 0 Å². The van der Waals surface area contributed by atoms with Crippen LogP contribution >= 0.6 is 23.2 Å². The molecule has 1 N–H and O–H groups in total. The van der Waals surface area contributed by atoms with Crippen LogP contribution in [0.25, 0.3) is 0 Å². The van der Waals surface area contributed by atoms with Gasteiger partial charge in [-0.05, 0) is 54.4 Å². The average molecular weight is 380 g/mol. The number of halogens is 2. The average Bonchev–Trinajstić information content (AvgIpc) is 2.59. The van der Waals surface area contributed by atoms with Crippen molar-refractivity contribution in [1.82, 2.24) is 5.32 Å². The number of benzene rings is 2. The third kappa shape index (κ3) is 6.97. The second kappa shape index (κ2) is 10.3. The first-order chi connectivity index (χ1) is 12.1. The van der Waals surface area contributed by atoms with Gasteiger partial charge in [0, 0.05) is 22.2 Å². The van der Waals surface area contributed by atoms with E-state index in [1.165, 1.54) is 19.3 Å². The van der Waals surface area contributed by atoms with Gasteiger partial charge in [0.25, 0.3) is 5.91 Å². The third-order valence-corrected chi connectivity index (χ3v) is 4.19. The summed E-state index contributed by atoms with van der Waals surface area (Å²) in [6, 6.07) is 12.4. The van der Waals surface area contributed by atoms with Crippen molar-refractivity contribution in [1.29, 1.82) is 0 Å². The number of carbonyl (C=O) groups excluding carboxylic acids is 1. The lowest BCUT2D eigenvalue weighted by Gasteiger charge is -2.08. The van der Waals surface area contributed by atoms with Crippen molar-refractivity contribution in [2.75, 3.05) is 6.61 Å². The molecule has 0 aliphatic carbocycles. The van der Waals surface area contributed by atoms with Crippen LogP contribution in [0.1, 0.15) is 48.5 Å². The largest absolute Gasteiger partial charge is 0.494 e. The summed E-state index contributed by atoms with van der Waals surface area (Å²) in [5.41, 5.74) is 1.45. The zero-order chi connectivity index (χ0) is 18.1. The Balaban J connectivity index is 1.81. The Kier molecular flexibility index (Phi) is 8.10. The second-order valence-corrected chi connectivity index (χ2v) is 6.77. The van der Waals surface area contributed by atoms with Gasteiger partial charge in [0.2, 0.25) is 0 Å². The van der Waals surface area contributed by atoms with Gasteiger partial charge < -0.3 is 10.1 Å². The molecule has 2 aromatic rings. The zero-order valence-electron chi connectivity index (χ0n) is 14.4. The second-order valence-electron chi connectivity index (χ2n) is 5.89. The quantitative estimate of drug-likeness (QED) is 0.552. The molecule has 2 aromatic carbocycles. The molecule has 0 spiro atoms. The predicted octanol–water partition coefficient (Wildman–Crippen LogP) is 5.88. The van der Waals surface area contributed by atoms with E-state index < -0.39 is 0 Å². The fraction of sp³-hybridized carbons (Fsp3) is 0.350. The molecule has 1 amide bonds. The van der Waals surface area contributed by atoms with Gasteiger partial charge in [-0.15, -0.1) is 0 Å². The number of nitrogens with one attached hydrogen (secondary N) is 1. The minimum Gasteiger partial charge on any atom is -0.494 e. The summed E-state index contributed by atoms with van der Waals surface area (Å²) in [5.74, 6) is 0.639. The first-order valence-corrected chi connectivity index (χ1v) is 9.30. The van der Waals surface area contributed by atoms with E-state index in [9.17, 15) is 4.79 Å². The number of carbonyl (C=O) groups is 1. The fourth-order valence-corrected chi connectivity index (χ4v) is 2.99. The van der Waals surface area contributed by atoms with Gasteiger partial charge in [0.15, 0.2) is 0 Å². The molecular weight excluding hydrogens is 357 g/mol. The molecule has 0 radical (unpaired) electrons. The zero-order valence-corrected chi connectivity index (χ0v) is 15.9. The van der Waals surface area contributed by atoms with Gasteiger partial charge in [-0.3, -0.25) is 4.79 Å². The lowest BCUT2D eigenvalue weighted by Crippen LogP contribution is -2.22. The lowest BCUT2D eigenvalue weighted by atomic mass is 10.2. The van der Waals surface area contributed by atoms with Gasteiger partial charge >= 0.3 is 0 Å². The Morgan fingerprint density at radius 1 is 1.00 bits per heavy atom. The molecular formula is C20H23Cl2NO2. The van der Waals surface area contributed by atoms with E-state index >= 15 is 0 Å². The summed E-state index contributed by atoms with van der Waals surface area (Å²) in [4.78, 5) is 12.2. The van der Waals surface area contributed by atoms with Gasteiger partial charge in [-0.1, -0.05) is 49.4 Å². The fourth-order valence-electron chi connectivity index (χ4n) is 2.42. The van der Waals surface area contributed by atoms with Crippen molar-refractivity contribution in [3.05, 3.63) is 63.6 Å². The van der Waals surface area contributed by atoms with Gasteiger partial charge in [-0.25, -0.2) is 0 Å². The predicted molar refractivity (Wildman–Crippen MR) is 104 cm³/mol. The number of amides is 1. The first kappa shape index (κ1) is 19.6. The van der Waals surface area contributed by atoms with Crippen LogP contribution in [0.5, 0.6) is 5.75 Å². The highest BCUT2D eigenvalue weighted by atomic mass is 35.5. The maximum atomic E-state index is 12.2. The van der Waals surface area contributed by atoms with Gasteiger partial charge in [-0.2, -0.15) is 0 Å². The maximum Gasteiger partial charge on any atom is 0.251 e. The normalized spacial score (nSPS) is 10.5. The van der Waals surface area contributed by atoms with E-state index in [-0.39, 0.29) is 5.91 Å². The van der Waals surface area contributed by atoms with Crippen LogP contribution in [-0.2, 0) is 6.54 Å². The van der Waals surface area contributed by atoms with Crippen LogP contribution in [-0.4, -0.2) is 12.5 Å². The molecule has 134 valence electrons. The van der Waals surface area contributed by atoms with Crippen molar-refractivity contribution in [2.24, 2.45) is 0 Å². The lowest BCUT2D eigenvalue weighted by molar-refractivity contribution is 0.0951. The Labute approximate surface area is 159 Å². The Morgan fingerprint density at radius 2 is 1.68 bits per heavy atom. The highest BCUT2D eigenvalue weighted by Crippen LogP contribution is 2.19. The summed E-state index contributed by atoms with van der Waals surface area (Å²) >= 11 is 11.9. The molecule has 0 fully saturated rings. The van der Waals surface area contributed by atoms with E-state index in [4.69, 9.17) is 27.9 Å². The third-order valence-electron chi connectivity index (χ3n) is 3.76. The summed E-state index contributed by atoms with van der Waals surface area (Å²) in [7, 11) is 0. The van der Waals surface area contributed by atoms with Crippen LogP contribution in [0, 0.1) is 0 Å². The molecule has 25 heavy (non-hydrogen) atoms. The highest BCUT2D eigenvalue weighted by Gasteiger charge is 2.06. The molecule has 0 aliphatic rings. The topological polar surface area (TPSA) is 38.3 Å². The molecule has 3 nitrogen and oxygen atoms in total. The number of unbranched alkanes of at least 4 members (excludes halogenated alkanes) is 3. The summed E-state index contributed by atoms with van der Waals surface area (Å²) in [6.45, 7) is 3.27. The van der Waals surface area contributed by atoms with E-state index in [2.05, 4.69) is 12.2 Å². The Morgan fingerprint density at radius 3 is 2.32 bits per heavy atom. The minimum absolute atomic E-state index is 0.148. The summed E-state index contributed by atoms with van der Waals surface area (Å²) in [6.07, 6.45) is 4.69. The molecule has 0 unspecified atom stereocenters. The van der Waals surface area contributed by atoms with E-state index in [0.717, 1.165) is 17.7 Å². The van der Waals surface area contributed by atoms with Crippen LogP contribution in [0.2, 0.25) is 10.0 Å². The Hall–Kier alpha value is -1.71. The van der Waals surface area contributed by atoms with E-state index in [1.54, 1.807) is 30.3 Å². The molecule has 0 aliphatic heterocycles. The van der Waals surface area contributed by atoms with E-state index in [1.807, 2.05) is 12.1 Å². The summed E-state index contributed by atoms with van der Waals surface area (Å²) < 4.78 is 5.68. The monoisotopic (exact) mass is 379 g/mol. The number of ether oxygens (including phenoxy) is 1. The van der Waals surface area contributed by atoms with Crippen LogP contribution in [0.15, 0.2) is 42.5 Å². The van der Waals surface area contributed by atoms with Crippen LogP contribution in [0.3, 0.4) is 0 Å². The number of rotatable bonds is 9. The minimum atomic E-state index is -0.148. The SMILES string of the molecule is CCCCCCOc1ccc(C(=O)NCc2cc(Cl)cc(Cl)c2)cc1. The molecule has 5 heteroatoms. The van der Waals surface area contributed by atoms with Crippen molar-refractivity contribution < 1.29 is 9.53 Å². The highest BCUT2D eigenvalue weighted by molar-refractivity contribution is 6.34. The van der Waals surface area contributed by atoms with Crippen molar-refractivity contribution >= 4 is 29.1 Å². The van der Waals surface area contributed by atoms with E-state index in [0.29, 0.717) is 28.8 Å². The molecule has 2 rings (SSSR count). The molecule has 0 saturated carbocycles. The standard InChI is InChI=1S/C20H23Cl2NO2/c1-2-3-4-5-10-25-19-8-6-16(7-9-19)20(24)23-14-15-11-17(21)13-18(22)12-15/h6-9,11-13H,2-5,10,14H2,1H3,(H,23,24). The summed E-state index contributed by atoms with van der Waals surface area (Å²) in [5, 5.41) is 3.96. The smallest absolute Gasteiger partial charge is 0.251 e. The van der Waals surface area contributed by atoms with Crippen molar-refractivity contribution in [2.45, 2.75) is 39.2 Å². The molecule has 0 saturated heterocycles. The molecule has 0 bridgehead atoms. The van der Waals surface area contributed by atoms with Crippen LogP contribution in [0.4, 0.5) is 0 Å². The van der Waals surface area contributed by atoms with Crippen LogP contribution < -0.4 is 10.1 Å². The Bertz CT molecular complexity index is 666.